The van der Waals surface area contributed by atoms with E-state index in [9.17, 15) is 26.4 Å². The number of fused-ring (bicyclic) bond motifs is 1. The quantitative estimate of drug-likeness (QED) is 0.406. The first-order valence-corrected chi connectivity index (χ1v) is 13.5. The zero-order valence-electron chi connectivity index (χ0n) is 20.3. The number of rotatable bonds is 6. The summed E-state index contributed by atoms with van der Waals surface area (Å²) < 4.78 is 69.3. The van der Waals surface area contributed by atoms with Crippen molar-refractivity contribution in [2.24, 2.45) is 0 Å². The van der Waals surface area contributed by atoms with Gasteiger partial charge in [0.05, 0.1) is 17.1 Å². The van der Waals surface area contributed by atoms with Gasteiger partial charge in [0.2, 0.25) is 0 Å². The van der Waals surface area contributed by atoms with Crippen molar-refractivity contribution in [3.8, 4) is 0 Å². The average molecular weight is 517 g/mol. The van der Waals surface area contributed by atoms with Gasteiger partial charge in [-0.2, -0.15) is 0 Å². The second-order valence-electron chi connectivity index (χ2n) is 9.02. The van der Waals surface area contributed by atoms with Crippen LogP contribution in [0.2, 0.25) is 0 Å². The summed E-state index contributed by atoms with van der Waals surface area (Å²) in [5, 5.41) is 0. The van der Waals surface area contributed by atoms with Crippen molar-refractivity contribution >= 4 is 27.2 Å². The minimum atomic E-state index is -3.57. The number of nitrogens with zero attached hydrogens (tertiary/aromatic N) is 2. The number of carbonyl (C=O) groups is 1. The fraction of sp³-hybridized carbons (Fsp3) is 0.296. The number of anilines is 2. The van der Waals surface area contributed by atoms with Crippen molar-refractivity contribution in [3.05, 3.63) is 88.2 Å². The first kappa shape index (κ1) is 25.8. The predicted molar refractivity (Wildman–Crippen MR) is 134 cm³/mol. The number of hydrogen-bond donors (Lipinski definition) is 0. The Morgan fingerprint density at radius 3 is 2.31 bits per heavy atom. The SMILES string of the molecule is CCCc1cc(F)c(CN2C(=O)N(c3ccc(C)c(S(C)(=O)=O)c3)CCc3c(F)cccc32)c(F)c1. The number of hydrogen-bond acceptors (Lipinski definition) is 3. The highest BCUT2D eigenvalue weighted by molar-refractivity contribution is 7.90. The van der Waals surface area contributed by atoms with E-state index in [1.807, 2.05) is 6.92 Å². The Morgan fingerprint density at radius 2 is 1.67 bits per heavy atom. The number of urea groups is 1. The molecule has 0 saturated carbocycles. The Bertz CT molecular complexity index is 1420. The van der Waals surface area contributed by atoms with E-state index >= 15 is 0 Å². The third kappa shape index (κ3) is 4.97. The molecule has 0 spiro atoms. The van der Waals surface area contributed by atoms with Gasteiger partial charge in [-0.25, -0.2) is 26.4 Å². The molecular formula is C27H27F3N2O3S. The van der Waals surface area contributed by atoms with E-state index in [0.717, 1.165) is 17.6 Å². The highest BCUT2D eigenvalue weighted by Crippen LogP contribution is 2.33. The molecule has 190 valence electrons. The number of halogens is 3. The first-order chi connectivity index (χ1) is 17.0. The van der Waals surface area contributed by atoms with Crippen LogP contribution in [0.25, 0.3) is 0 Å². The molecule has 0 atom stereocenters. The van der Waals surface area contributed by atoms with Gasteiger partial charge in [0.1, 0.15) is 17.5 Å². The summed E-state index contributed by atoms with van der Waals surface area (Å²) in [6, 6.07) is 10.7. The highest BCUT2D eigenvalue weighted by atomic mass is 32.2. The summed E-state index contributed by atoms with van der Waals surface area (Å²) in [4.78, 5) is 16.3. The van der Waals surface area contributed by atoms with Crippen LogP contribution in [0.5, 0.6) is 0 Å². The third-order valence-electron chi connectivity index (χ3n) is 6.37. The van der Waals surface area contributed by atoms with Gasteiger partial charge in [0, 0.05) is 29.6 Å². The third-order valence-corrected chi connectivity index (χ3v) is 7.61. The van der Waals surface area contributed by atoms with Gasteiger partial charge in [0.15, 0.2) is 9.84 Å². The van der Waals surface area contributed by atoms with Crippen molar-refractivity contribution in [1.82, 2.24) is 0 Å². The Kier molecular flexibility index (Phi) is 7.13. The van der Waals surface area contributed by atoms with Crippen LogP contribution in [0.15, 0.2) is 53.4 Å². The normalized spacial score (nSPS) is 14.1. The summed E-state index contributed by atoms with van der Waals surface area (Å²) >= 11 is 0. The van der Waals surface area contributed by atoms with Crippen LogP contribution >= 0.6 is 0 Å². The highest BCUT2D eigenvalue weighted by Gasteiger charge is 2.32. The lowest BCUT2D eigenvalue weighted by atomic mass is 10.0. The lowest BCUT2D eigenvalue weighted by Gasteiger charge is -2.29. The lowest BCUT2D eigenvalue weighted by Crippen LogP contribution is -2.42. The number of aryl methyl sites for hydroxylation is 2. The van der Waals surface area contributed by atoms with Gasteiger partial charge in [-0.05, 0) is 67.3 Å². The number of benzene rings is 3. The Hall–Kier alpha value is -3.33. The molecule has 1 aliphatic heterocycles. The molecular weight excluding hydrogens is 489 g/mol. The van der Waals surface area contributed by atoms with Crippen molar-refractivity contribution in [1.29, 1.82) is 0 Å². The standard InChI is InChI=1S/C27H27F3N2O3S/c1-4-6-18-13-23(29)21(24(30)14-18)16-32-25-8-5-7-22(28)20(25)11-12-31(27(32)33)19-10-9-17(2)26(15-19)36(3,34)35/h5,7-10,13-15H,4,6,11-12,16H2,1-3H3. The fourth-order valence-corrected chi connectivity index (χ4v) is 5.55. The van der Waals surface area contributed by atoms with Gasteiger partial charge in [-0.1, -0.05) is 25.5 Å². The van der Waals surface area contributed by atoms with Crippen LogP contribution in [-0.4, -0.2) is 27.2 Å². The van der Waals surface area contributed by atoms with E-state index in [4.69, 9.17) is 0 Å². The van der Waals surface area contributed by atoms with Crippen LogP contribution in [0.3, 0.4) is 0 Å². The monoisotopic (exact) mass is 516 g/mol. The Labute approximate surface area is 209 Å². The maximum Gasteiger partial charge on any atom is 0.329 e. The topological polar surface area (TPSA) is 57.7 Å². The summed E-state index contributed by atoms with van der Waals surface area (Å²) in [6.45, 7) is 3.15. The minimum absolute atomic E-state index is 0.0515. The van der Waals surface area contributed by atoms with Crippen LogP contribution in [0, 0.1) is 24.4 Å². The molecule has 0 saturated heterocycles. The number of amides is 2. The summed E-state index contributed by atoms with van der Waals surface area (Å²) in [6.07, 6.45) is 2.44. The smallest absolute Gasteiger partial charge is 0.294 e. The molecule has 0 radical (unpaired) electrons. The molecule has 4 rings (SSSR count). The van der Waals surface area contributed by atoms with E-state index in [0.29, 0.717) is 23.2 Å². The number of carbonyl (C=O) groups excluding carboxylic acids is 1. The average Bonchev–Trinajstić information content (AvgIpc) is 2.93. The second-order valence-corrected chi connectivity index (χ2v) is 11.0. The zero-order valence-corrected chi connectivity index (χ0v) is 21.1. The molecule has 3 aromatic carbocycles. The van der Waals surface area contributed by atoms with Crippen LogP contribution < -0.4 is 9.80 Å². The molecule has 0 fully saturated rings. The largest absolute Gasteiger partial charge is 0.329 e. The van der Waals surface area contributed by atoms with Crippen molar-refractivity contribution in [3.63, 3.8) is 0 Å². The molecule has 0 aliphatic carbocycles. The van der Waals surface area contributed by atoms with Crippen molar-refractivity contribution in [2.75, 3.05) is 22.6 Å². The van der Waals surface area contributed by atoms with Crippen molar-refractivity contribution in [2.45, 2.75) is 44.6 Å². The molecule has 0 unspecified atom stereocenters. The van der Waals surface area contributed by atoms with Crippen LogP contribution in [0.4, 0.5) is 29.3 Å². The van der Waals surface area contributed by atoms with E-state index in [2.05, 4.69) is 0 Å². The maximum atomic E-state index is 15.0. The second kappa shape index (κ2) is 9.97. The molecule has 2 amide bonds. The molecule has 3 aromatic rings. The molecule has 9 heteroatoms. The van der Waals surface area contributed by atoms with E-state index in [-0.39, 0.29) is 34.7 Å². The van der Waals surface area contributed by atoms with Crippen LogP contribution in [-0.2, 0) is 29.2 Å². The van der Waals surface area contributed by atoms with Gasteiger partial charge in [-0.3, -0.25) is 9.80 Å². The molecule has 36 heavy (non-hydrogen) atoms. The van der Waals surface area contributed by atoms with Crippen LogP contribution in [0.1, 0.15) is 35.6 Å². The molecule has 1 aliphatic rings. The molecule has 0 bridgehead atoms. The van der Waals surface area contributed by atoms with Crippen molar-refractivity contribution < 1.29 is 26.4 Å². The Morgan fingerprint density at radius 1 is 0.972 bits per heavy atom. The van der Waals surface area contributed by atoms with E-state index < -0.39 is 39.9 Å². The fourth-order valence-electron chi connectivity index (χ4n) is 4.56. The summed E-state index contributed by atoms with van der Waals surface area (Å²) in [5.41, 5.74) is 1.48. The van der Waals surface area contributed by atoms with Gasteiger partial charge in [-0.15, -0.1) is 0 Å². The number of sulfone groups is 1. The van der Waals surface area contributed by atoms with E-state index in [1.54, 1.807) is 19.1 Å². The molecule has 0 aromatic heterocycles. The molecule has 0 N–H and O–H groups in total. The maximum absolute atomic E-state index is 15.0. The Balaban J connectivity index is 1.82. The lowest BCUT2D eigenvalue weighted by molar-refractivity contribution is 0.251. The molecule has 1 heterocycles. The molecule has 5 nitrogen and oxygen atoms in total. The minimum Gasteiger partial charge on any atom is -0.294 e. The summed E-state index contributed by atoms with van der Waals surface area (Å²) in [7, 11) is -3.57. The van der Waals surface area contributed by atoms with Gasteiger partial charge < -0.3 is 0 Å². The summed E-state index contributed by atoms with van der Waals surface area (Å²) in [5.74, 6) is -2.10. The predicted octanol–water partition coefficient (Wildman–Crippen LogP) is 5.96. The first-order valence-electron chi connectivity index (χ1n) is 11.6. The van der Waals surface area contributed by atoms with Gasteiger partial charge in [0.25, 0.3) is 0 Å². The van der Waals surface area contributed by atoms with Gasteiger partial charge >= 0.3 is 6.03 Å². The van der Waals surface area contributed by atoms with E-state index in [1.165, 1.54) is 41.3 Å². The zero-order chi connectivity index (χ0) is 26.2.